The summed E-state index contributed by atoms with van der Waals surface area (Å²) < 4.78 is 8.57. The molecule has 0 unspecified atom stereocenters. The number of benzene rings is 10. The van der Waals surface area contributed by atoms with Crippen LogP contribution in [0.2, 0.25) is 0 Å². The fraction of sp³-hybridized carbons (Fsp3) is 0. The number of furan rings is 1. The zero-order chi connectivity index (χ0) is 40.3. The lowest BCUT2D eigenvalue weighted by Crippen LogP contribution is -2.13. The van der Waals surface area contributed by atoms with Crippen molar-refractivity contribution in [1.29, 1.82) is 0 Å². The van der Waals surface area contributed by atoms with Crippen LogP contribution in [0.3, 0.4) is 0 Å². The highest BCUT2D eigenvalue weighted by Gasteiger charge is 2.21. The highest BCUT2D eigenvalue weighted by atomic mass is 16.3. The predicted molar refractivity (Wildman–Crippen MR) is 257 cm³/mol. The number of para-hydroxylation sites is 5. The molecule has 2 aromatic heterocycles. The third-order valence-electron chi connectivity index (χ3n) is 12.2. The molecule has 3 heteroatoms. The minimum Gasteiger partial charge on any atom is -0.456 e. The normalized spacial score (nSPS) is 11.6. The van der Waals surface area contributed by atoms with Gasteiger partial charge in [-0.15, -0.1) is 0 Å². The molecular formula is C58H38N2O. The van der Waals surface area contributed by atoms with Crippen molar-refractivity contribution in [1.82, 2.24) is 4.57 Å². The van der Waals surface area contributed by atoms with E-state index in [9.17, 15) is 0 Å². The van der Waals surface area contributed by atoms with E-state index in [1.807, 2.05) is 12.1 Å². The summed E-state index contributed by atoms with van der Waals surface area (Å²) in [5, 5.41) is 7.23. The molecule has 61 heavy (non-hydrogen) atoms. The highest BCUT2D eigenvalue weighted by Crippen LogP contribution is 2.43. The Balaban J connectivity index is 0.979. The average molecular weight is 779 g/mol. The van der Waals surface area contributed by atoms with Gasteiger partial charge in [0.05, 0.1) is 22.4 Å². The van der Waals surface area contributed by atoms with E-state index >= 15 is 0 Å². The Morgan fingerprint density at radius 2 is 0.820 bits per heavy atom. The second-order valence-corrected chi connectivity index (χ2v) is 15.7. The minimum atomic E-state index is 0.901. The molecule has 0 saturated carbocycles. The molecule has 286 valence electrons. The van der Waals surface area contributed by atoms with Crippen LogP contribution in [-0.4, -0.2) is 4.57 Å². The molecule has 0 radical (unpaired) electrons. The van der Waals surface area contributed by atoms with Crippen molar-refractivity contribution in [2.75, 3.05) is 4.90 Å². The average Bonchev–Trinajstić information content (AvgIpc) is 3.88. The van der Waals surface area contributed by atoms with Crippen LogP contribution < -0.4 is 4.90 Å². The second-order valence-electron chi connectivity index (χ2n) is 15.7. The Bertz CT molecular complexity index is 3540. The Morgan fingerprint density at radius 3 is 1.54 bits per heavy atom. The molecule has 0 spiro atoms. The lowest BCUT2D eigenvalue weighted by molar-refractivity contribution is 0.669. The Labute approximate surface area is 353 Å². The number of anilines is 3. The summed E-state index contributed by atoms with van der Waals surface area (Å²) in [6.45, 7) is 0. The first-order chi connectivity index (χ1) is 30.2. The molecule has 0 fully saturated rings. The number of aromatic nitrogens is 1. The maximum Gasteiger partial charge on any atom is 0.135 e. The van der Waals surface area contributed by atoms with Crippen molar-refractivity contribution in [2.45, 2.75) is 0 Å². The first-order valence-electron chi connectivity index (χ1n) is 20.8. The summed E-state index contributed by atoms with van der Waals surface area (Å²) in [6, 6.07) is 83.1. The van der Waals surface area contributed by atoms with Crippen molar-refractivity contribution in [3.05, 3.63) is 231 Å². The summed E-state index contributed by atoms with van der Waals surface area (Å²) >= 11 is 0. The van der Waals surface area contributed by atoms with Crippen LogP contribution in [0, 0.1) is 0 Å². The van der Waals surface area contributed by atoms with Gasteiger partial charge < -0.3 is 13.9 Å². The molecule has 0 atom stereocenters. The van der Waals surface area contributed by atoms with Gasteiger partial charge in [0.2, 0.25) is 0 Å². The summed E-state index contributed by atoms with van der Waals surface area (Å²) in [5.41, 5.74) is 15.6. The van der Waals surface area contributed by atoms with Crippen molar-refractivity contribution in [2.24, 2.45) is 0 Å². The van der Waals surface area contributed by atoms with Gasteiger partial charge in [0, 0.05) is 32.9 Å². The van der Waals surface area contributed by atoms with E-state index in [4.69, 9.17) is 4.42 Å². The summed E-state index contributed by atoms with van der Waals surface area (Å²) in [6.07, 6.45) is 0. The molecule has 0 aliphatic carbocycles. The van der Waals surface area contributed by atoms with Gasteiger partial charge in [-0.25, -0.2) is 0 Å². The van der Waals surface area contributed by atoms with E-state index < -0.39 is 0 Å². The quantitative estimate of drug-likeness (QED) is 0.161. The number of nitrogens with zero attached hydrogens (tertiary/aromatic N) is 2. The van der Waals surface area contributed by atoms with Gasteiger partial charge in [-0.05, 0) is 123 Å². The Morgan fingerprint density at radius 1 is 0.311 bits per heavy atom. The van der Waals surface area contributed by atoms with E-state index in [0.717, 1.165) is 55.8 Å². The standard InChI is InChI=1S/C58H38N2O/c1-2-13-42-37-45(25-24-39(42)12-1)44-15-11-14-43(36-44)40-26-31-47(32-27-40)59(48-33-28-41(29-34-48)46-30-35-58-52(38-46)51-18-5-10-23-57(51)61-58)55-21-8-9-22-56(55)60-53-19-6-3-16-49(53)50-17-4-7-20-54(50)60/h1-38H. The molecule has 10 aromatic carbocycles. The molecule has 0 bridgehead atoms. The van der Waals surface area contributed by atoms with E-state index in [2.05, 4.69) is 228 Å². The topological polar surface area (TPSA) is 21.3 Å². The fourth-order valence-electron chi connectivity index (χ4n) is 9.21. The van der Waals surface area contributed by atoms with Gasteiger partial charge in [-0.3, -0.25) is 0 Å². The van der Waals surface area contributed by atoms with E-state index in [1.165, 1.54) is 54.8 Å². The number of rotatable bonds is 7. The van der Waals surface area contributed by atoms with E-state index in [-0.39, 0.29) is 0 Å². The van der Waals surface area contributed by atoms with Crippen LogP contribution in [0.15, 0.2) is 235 Å². The molecule has 2 heterocycles. The van der Waals surface area contributed by atoms with Crippen molar-refractivity contribution < 1.29 is 4.42 Å². The summed E-state index contributed by atoms with van der Waals surface area (Å²) in [4.78, 5) is 2.39. The van der Waals surface area contributed by atoms with Crippen molar-refractivity contribution >= 4 is 71.6 Å². The number of hydrogen-bond donors (Lipinski definition) is 0. The monoisotopic (exact) mass is 778 g/mol. The predicted octanol–water partition coefficient (Wildman–Crippen LogP) is 16.3. The van der Waals surface area contributed by atoms with Crippen LogP contribution in [0.1, 0.15) is 0 Å². The van der Waals surface area contributed by atoms with Crippen molar-refractivity contribution in [3.63, 3.8) is 0 Å². The highest BCUT2D eigenvalue weighted by molar-refractivity contribution is 6.10. The molecule has 12 rings (SSSR count). The number of hydrogen-bond acceptors (Lipinski definition) is 2. The van der Waals surface area contributed by atoms with Crippen LogP contribution >= 0.6 is 0 Å². The first kappa shape index (κ1) is 34.9. The maximum absolute atomic E-state index is 6.16. The molecule has 0 aliphatic heterocycles. The van der Waals surface area contributed by atoms with Gasteiger partial charge in [-0.2, -0.15) is 0 Å². The zero-order valence-corrected chi connectivity index (χ0v) is 33.2. The lowest BCUT2D eigenvalue weighted by atomic mass is 9.97. The summed E-state index contributed by atoms with van der Waals surface area (Å²) in [7, 11) is 0. The largest absolute Gasteiger partial charge is 0.456 e. The molecule has 12 aromatic rings. The second kappa shape index (κ2) is 14.3. The Hall–Kier alpha value is -8.14. The minimum absolute atomic E-state index is 0.901. The van der Waals surface area contributed by atoms with Crippen LogP contribution in [0.25, 0.3) is 93.6 Å². The molecular weight excluding hydrogens is 741 g/mol. The zero-order valence-electron chi connectivity index (χ0n) is 33.2. The summed E-state index contributed by atoms with van der Waals surface area (Å²) in [5.74, 6) is 0. The van der Waals surface area contributed by atoms with Crippen molar-refractivity contribution in [3.8, 4) is 39.1 Å². The molecule has 0 saturated heterocycles. The van der Waals surface area contributed by atoms with Gasteiger partial charge in [0.1, 0.15) is 11.2 Å². The van der Waals surface area contributed by atoms with Crippen LogP contribution in [-0.2, 0) is 0 Å². The number of fused-ring (bicyclic) bond motifs is 7. The molecule has 0 amide bonds. The smallest absolute Gasteiger partial charge is 0.135 e. The molecule has 0 N–H and O–H groups in total. The molecule has 0 aliphatic rings. The van der Waals surface area contributed by atoms with Gasteiger partial charge >= 0.3 is 0 Å². The van der Waals surface area contributed by atoms with Crippen LogP contribution in [0.4, 0.5) is 17.1 Å². The van der Waals surface area contributed by atoms with Gasteiger partial charge in [-0.1, -0.05) is 152 Å². The first-order valence-corrected chi connectivity index (χ1v) is 20.8. The van der Waals surface area contributed by atoms with E-state index in [0.29, 0.717) is 0 Å². The molecule has 3 nitrogen and oxygen atoms in total. The Kier molecular flexibility index (Phi) is 8.17. The fourth-order valence-corrected chi connectivity index (χ4v) is 9.21. The SMILES string of the molecule is c1cc(-c2ccc(N(c3ccc(-c4ccc5oc6ccccc6c5c4)cc3)c3ccccc3-n3c4ccccc4c4ccccc43)cc2)cc(-c2ccc3ccccc3c2)c1. The van der Waals surface area contributed by atoms with Crippen LogP contribution in [0.5, 0.6) is 0 Å². The van der Waals surface area contributed by atoms with Gasteiger partial charge in [0.25, 0.3) is 0 Å². The van der Waals surface area contributed by atoms with E-state index in [1.54, 1.807) is 0 Å². The third-order valence-corrected chi connectivity index (χ3v) is 12.2. The van der Waals surface area contributed by atoms with Gasteiger partial charge in [0.15, 0.2) is 0 Å². The third kappa shape index (κ3) is 5.98. The maximum atomic E-state index is 6.16. The lowest BCUT2D eigenvalue weighted by Gasteiger charge is -2.28.